The quantitative estimate of drug-likeness (QED) is 0.444. The predicted molar refractivity (Wildman–Crippen MR) is 108 cm³/mol. The molecule has 1 heterocycles. The Morgan fingerprint density at radius 2 is 1.93 bits per heavy atom. The number of thiazole rings is 1. The van der Waals surface area contributed by atoms with Gasteiger partial charge in [-0.25, -0.2) is 9.78 Å². The van der Waals surface area contributed by atoms with E-state index in [-0.39, 0.29) is 22.8 Å². The van der Waals surface area contributed by atoms with Crippen molar-refractivity contribution < 1.29 is 24.2 Å². The lowest BCUT2D eigenvalue weighted by Gasteiger charge is -2.07. The Morgan fingerprint density at radius 3 is 2.64 bits per heavy atom. The van der Waals surface area contributed by atoms with Crippen LogP contribution in [0.5, 0.6) is 0 Å². The van der Waals surface area contributed by atoms with Gasteiger partial charge in [-0.2, -0.15) is 0 Å². The topological polar surface area (TPSA) is 106 Å². The summed E-state index contributed by atoms with van der Waals surface area (Å²) in [5, 5.41) is 11.9. The number of thioether (sulfide) groups is 1. The van der Waals surface area contributed by atoms with Crippen molar-refractivity contribution in [2.75, 3.05) is 17.7 Å². The standard InChI is InChI=1S/C19H16N2O5S2/c1-2-26-16(22)10-27-19-21-14-8-7-11(9-15(14)28-19)20-17(23)12-5-3-4-6-13(12)18(24)25/h3-9H,2,10H2,1H3,(H,20,23)(H,24,25). The number of carboxylic acids is 1. The third kappa shape index (κ3) is 4.68. The zero-order valence-corrected chi connectivity index (χ0v) is 16.4. The molecule has 28 heavy (non-hydrogen) atoms. The Balaban J connectivity index is 1.75. The van der Waals surface area contributed by atoms with E-state index in [9.17, 15) is 19.5 Å². The molecule has 0 spiro atoms. The first-order chi connectivity index (χ1) is 13.5. The summed E-state index contributed by atoms with van der Waals surface area (Å²) in [4.78, 5) is 39.7. The Kier molecular flexibility index (Phi) is 6.27. The van der Waals surface area contributed by atoms with Crippen LogP contribution in [0.4, 0.5) is 5.69 Å². The molecule has 1 aromatic heterocycles. The molecule has 0 bridgehead atoms. The van der Waals surface area contributed by atoms with E-state index < -0.39 is 11.9 Å². The summed E-state index contributed by atoms with van der Waals surface area (Å²) in [6, 6.07) is 11.3. The van der Waals surface area contributed by atoms with E-state index in [4.69, 9.17) is 4.74 Å². The number of anilines is 1. The van der Waals surface area contributed by atoms with Crippen LogP contribution in [0.2, 0.25) is 0 Å². The number of carboxylic acid groups (broad SMARTS) is 1. The molecule has 0 radical (unpaired) electrons. The van der Waals surface area contributed by atoms with E-state index >= 15 is 0 Å². The van der Waals surface area contributed by atoms with Crippen LogP contribution in [0, 0.1) is 0 Å². The molecule has 0 atom stereocenters. The number of carbonyl (C=O) groups is 3. The molecule has 7 nitrogen and oxygen atoms in total. The van der Waals surface area contributed by atoms with Crippen LogP contribution in [-0.2, 0) is 9.53 Å². The molecular formula is C19H16N2O5S2. The lowest BCUT2D eigenvalue weighted by Crippen LogP contribution is -2.16. The molecule has 0 unspecified atom stereocenters. The number of aromatic carboxylic acids is 1. The summed E-state index contributed by atoms with van der Waals surface area (Å²) in [5.74, 6) is -1.77. The van der Waals surface area contributed by atoms with Gasteiger partial charge in [-0.1, -0.05) is 23.9 Å². The predicted octanol–water partition coefficient (Wildman–Crippen LogP) is 3.90. The van der Waals surface area contributed by atoms with Crippen LogP contribution in [0.1, 0.15) is 27.6 Å². The molecule has 0 saturated heterocycles. The van der Waals surface area contributed by atoms with Crippen molar-refractivity contribution in [2.45, 2.75) is 11.3 Å². The van der Waals surface area contributed by atoms with Crippen LogP contribution in [0.3, 0.4) is 0 Å². The van der Waals surface area contributed by atoms with Gasteiger partial charge in [0, 0.05) is 5.69 Å². The number of hydrogen-bond donors (Lipinski definition) is 2. The number of rotatable bonds is 7. The van der Waals surface area contributed by atoms with Crippen molar-refractivity contribution in [3.8, 4) is 0 Å². The highest BCUT2D eigenvalue weighted by molar-refractivity contribution is 8.01. The molecule has 144 valence electrons. The molecule has 0 saturated carbocycles. The Labute approximate surface area is 168 Å². The van der Waals surface area contributed by atoms with Gasteiger partial charge in [-0.15, -0.1) is 11.3 Å². The SMILES string of the molecule is CCOC(=O)CSc1nc2ccc(NC(=O)c3ccccc3C(=O)O)cc2s1. The van der Waals surface area contributed by atoms with Crippen molar-refractivity contribution in [2.24, 2.45) is 0 Å². The van der Waals surface area contributed by atoms with Gasteiger partial charge in [0.1, 0.15) is 0 Å². The van der Waals surface area contributed by atoms with Crippen LogP contribution >= 0.6 is 23.1 Å². The minimum atomic E-state index is -1.16. The van der Waals surface area contributed by atoms with Gasteiger partial charge in [0.05, 0.1) is 33.7 Å². The molecule has 9 heteroatoms. The number of carbonyl (C=O) groups excluding carboxylic acids is 2. The average molecular weight is 416 g/mol. The van der Waals surface area contributed by atoms with Gasteiger partial charge in [0.15, 0.2) is 4.34 Å². The van der Waals surface area contributed by atoms with E-state index in [1.165, 1.54) is 35.2 Å². The van der Waals surface area contributed by atoms with Crippen molar-refractivity contribution in [1.29, 1.82) is 0 Å². The van der Waals surface area contributed by atoms with Crippen molar-refractivity contribution in [1.82, 2.24) is 4.98 Å². The fourth-order valence-electron chi connectivity index (χ4n) is 2.43. The number of amides is 1. The number of hydrogen-bond acceptors (Lipinski definition) is 7. The summed E-state index contributed by atoms with van der Waals surface area (Å²) in [7, 11) is 0. The molecule has 0 aliphatic carbocycles. The Bertz CT molecular complexity index is 1050. The summed E-state index contributed by atoms with van der Waals surface area (Å²) >= 11 is 2.70. The number of esters is 1. The second-order valence-corrected chi connectivity index (χ2v) is 7.81. The number of nitrogens with one attached hydrogen (secondary N) is 1. The van der Waals surface area contributed by atoms with E-state index in [0.29, 0.717) is 12.3 Å². The van der Waals surface area contributed by atoms with Crippen LogP contribution in [-0.4, -0.2) is 40.3 Å². The third-order valence-electron chi connectivity index (χ3n) is 3.65. The fourth-order valence-corrected chi connectivity index (χ4v) is 4.34. The van der Waals surface area contributed by atoms with Crippen LogP contribution in [0.15, 0.2) is 46.8 Å². The molecule has 3 rings (SSSR count). The average Bonchev–Trinajstić information content (AvgIpc) is 3.08. The molecule has 1 amide bonds. The minimum absolute atomic E-state index is 0.0588. The van der Waals surface area contributed by atoms with Crippen molar-refractivity contribution in [3.05, 3.63) is 53.6 Å². The van der Waals surface area contributed by atoms with E-state index in [1.807, 2.05) is 0 Å². The maximum Gasteiger partial charge on any atom is 0.336 e. The lowest BCUT2D eigenvalue weighted by molar-refractivity contribution is -0.139. The van der Waals surface area contributed by atoms with Gasteiger partial charge < -0.3 is 15.2 Å². The van der Waals surface area contributed by atoms with Crippen molar-refractivity contribution in [3.63, 3.8) is 0 Å². The first-order valence-corrected chi connectivity index (χ1v) is 10.1. The summed E-state index contributed by atoms with van der Waals surface area (Å²) < 4.78 is 6.46. The number of fused-ring (bicyclic) bond motifs is 1. The summed E-state index contributed by atoms with van der Waals surface area (Å²) in [6.07, 6.45) is 0. The molecule has 0 aliphatic rings. The van der Waals surface area contributed by atoms with E-state index in [2.05, 4.69) is 10.3 Å². The zero-order chi connectivity index (χ0) is 20.1. The molecule has 2 N–H and O–H groups in total. The van der Waals surface area contributed by atoms with E-state index in [0.717, 1.165) is 14.6 Å². The van der Waals surface area contributed by atoms with Gasteiger partial charge >= 0.3 is 11.9 Å². The largest absolute Gasteiger partial charge is 0.478 e. The first-order valence-electron chi connectivity index (χ1n) is 8.30. The highest BCUT2D eigenvalue weighted by atomic mass is 32.2. The second-order valence-electron chi connectivity index (χ2n) is 5.56. The monoisotopic (exact) mass is 416 g/mol. The molecular weight excluding hydrogens is 400 g/mol. The normalized spacial score (nSPS) is 10.6. The zero-order valence-electron chi connectivity index (χ0n) is 14.8. The van der Waals surface area contributed by atoms with Gasteiger partial charge in [0.2, 0.25) is 0 Å². The maximum atomic E-state index is 12.5. The minimum Gasteiger partial charge on any atom is -0.478 e. The Hall–Kier alpha value is -2.91. The van der Waals surface area contributed by atoms with Gasteiger partial charge in [-0.3, -0.25) is 9.59 Å². The van der Waals surface area contributed by atoms with Gasteiger partial charge in [-0.05, 0) is 37.3 Å². The summed E-state index contributed by atoms with van der Waals surface area (Å²) in [5.41, 5.74) is 1.31. The van der Waals surface area contributed by atoms with Crippen LogP contribution in [0.25, 0.3) is 10.2 Å². The number of ether oxygens (including phenoxy) is 1. The molecule has 0 aliphatic heterocycles. The first kappa shape index (κ1) is 19.8. The molecule has 3 aromatic rings. The number of aromatic nitrogens is 1. The fraction of sp³-hybridized carbons (Fsp3) is 0.158. The van der Waals surface area contributed by atoms with Gasteiger partial charge in [0.25, 0.3) is 5.91 Å². The smallest absolute Gasteiger partial charge is 0.336 e. The molecule has 0 fully saturated rings. The number of nitrogens with zero attached hydrogens (tertiary/aromatic N) is 1. The highest BCUT2D eigenvalue weighted by Gasteiger charge is 2.16. The second kappa shape index (κ2) is 8.85. The highest BCUT2D eigenvalue weighted by Crippen LogP contribution is 2.31. The molecule has 2 aromatic carbocycles. The van der Waals surface area contributed by atoms with Crippen LogP contribution < -0.4 is 5.32 Å². The maximum absolute atomic E-state index is 12.5. The number of benzene rings is 2. The van der Waals surface area contributed by atoms with Crippen molar-refractivity contribution >= 4 is 56.8 Å². The Morgan fingerprint density at radius 1 is 1.18 bits per heavy atom. The third-order valence-corrected chi connectivity index (χ3v) is 5.78. The lowest BCUT2D eigenvalue weighted by atomic mass is 10.1. The van der Waals surface area contributed by atoms with E-state index in [1.54, 1.807) is 37.3 Å². The summed E-state index contributed by atoms with van der Waals surface area (Å²) in [6.45, 7) is 2.10.